The van der Waals surface area contributed by atoms with E-state index in [2.05, 4.69) is 15.4 Å². The molecule has 0 unspecified atom stereocenters. The van der Waals surface area contributed by atoms with Gasteiger partial charge >= 0.3 is 0 Å². The summed E-state index contributed by atoms with van der Waals surface area (Å²) in [4.78, 5) is 14.6. The summed E-state index contributed by atoms with van der Waals surface area (Å²) < 4.78 is 1.44. The molecule has 3 N–H and O–H groups in total. The highest BCUT2D eigenvalue weighted by molar-refractivity contribution is 5.88. The van der Waals surface area contributed by atoms with E-state index in [9.17, 15) is 4.79 Å². The lowest BCUT2D eigenvalue weighted by Crippen LogP contribution is -2.15. The van der Waals surface area contributed by atoms with Crippen molar-refractivity contribution < 1.29 is 4.79 Å². The number of hydrogen-bond donors (Lipinski definition) is 2. The highest BCUT2D eigenvalue weighted by atomic mass is 16.1. The Labute approximate surface area is 85.8 Å². The van der Waals surface area contributed by atoms with E-state index in [1.807, 2.05) is 18.2 Å². The van der Waals surface area contributed by atoms with Gasteiger partial charge in [-0.05, 0) is 12.2 Å². The van der Waals surface area contributed by atoms with Gasteiger partial charge in [-0.2, -0.15) is 0 Å². The lowest BCUT2D eigenvalue weighted by Gasteiger charge is -2.03. The van der Waals surface area contributed by atoms with Crippen LogP contribution >= 0.6 is 0 Å². The smallest absolute Gasteiger partial charge is 0.288 e. The molecular formula is C9H9N5O. The summed E-state index contributed by atoms with van der Waals surface area (Å²) in [5.41, 5.74) is 5.04. The molecule has 2 heterocycles. The molecule has 0 fully saturated rings. The van der Waals surface area contributed by atoms with E-state index in [-0.39, 0.29) is 5.82 Å². The first-order chi connectivity index (χ1) is 7.27. The zero-order valence-corrected chi connectivity index (χ0v) is 7.79. The molecule has 1 aliphatic heterocycles. The molecule has 6 heteroatoms. The van der Waals surface area contributed by atoms with Crippen molar-refractivity contribution in [2.75, 3.05) is 0 Å². The molecule has 0 aliphatic carbocycles. The zero-order chi connectivity index (χ0) is 10.7. The molecule has 0 aromatic carbocycles. The first-order valence-corrected chi connectivity index (χ1v) is 4.29. The highest BCUT2D eigenvalue weighted by Crippen LogP contribution is 2.02. The van der Waals surface area contributed by atoms with Gasteiger partial charge in [-0.15, -0.1) is 5.10 Å². The fourth-order valence-corrected chi connectivity index (χ4v) is 1.08. The van der Waals surface area contributed by atoms with Gasteiger partial charge in [-0.25, -0.2) is 9.67 Å². The van der Waals surface area contributed by atoms with Crippen molar-refractivity contribution in [2.45, 2.75) is 0 Å². The Hall–Kier alpha value is -2.37. The van der Waals surface area contributed by atoms with Crippen molar-refractivity contribution in [1.29, 1.82) is 0 Å². The number of carbonyl (C=O) groups is 1. The van der Waals surface area contributed by atoms with Crippen LogP contribution in [0.4, 0.5) is 0 Å². The topological polar surface area (TPSA) is 85.8 Å². The third-order valence-electron chi connectivity index (χ3n) is 1.76. The highest BCUT2D eigenvalue weighted by Gasteiger charge is 2.08. The molecule has 1 aromatic heterocycles. The summed E-state index contributed by atoms with van der Waals surface area (Å²) in [5, 5.41) is 6.88. The number of rotatable bonds is 2. The summed E-state index contributed by atoms with van der Waals surface area (Å²) in [6.45, 7) is 0. The minimum atomic E-state index is -0.644. The second-order valence-corrected chi connectivity index (χ2v) is 2.82. The largest absolute Gasteiger partial charge is 0.363 e. The second-order valence-electron chi connectivity index (χ2n) is 2.82. The molecule has 15 heavy (non-hydrogen) atoms. The Balaban J connectivity index is 2.29. The predicted molar refractivity (Wildman–Crippen MR) is 54.2 cm³/mol. The van der Waals surface area contributed by atoms with Crippen LogP contribution in [0.15, 0.2) is 36.8 Å². The summed E-state index contributed by atoms with van der Waals surface area (Å²) in [6.07, 6.45) is 10.5. The molecule has 1 aliphatic rings. The summed E-state index contributed by atoms with van der Waals surface area (Å²) in [5.74, 6) is 0.0453. The summed E-state index contributed by atoms with van der Waals surface area (Å²) >= 11 is 0. The predicted octanol–water partition coefficient (Wildman–Crippen LogP) is -0.152. The SMILES string of the molecule is NC(=O)c1ncn(C2=CC=CC=CN2)n1. The number of nitrogens with two attached hydrogens (primary N) is 1. The Morgan fingerprint density at radius 3 is 3.00 bits per heavy atom. The molecule has 0 spiro atoms. The molecule has 76 valence electrons. The van der Waals surface area contributed by atoms with E-state index in [1.54, 1.807) is 12.3 Å². The Bertz CT molecular complexity index is 469. The molecule has 1 amide bonds. The monoisotopic (exact) mass is 203 g/mol. The minimum Gasteiger partial charge on any atom is -0.363 e. The van der Waals surface area contributed by atoms with Gasteiger partial charge in [-0.1, -0.05) is 12.2 Å². The molecule has 0 bridgehead atoms. The van der Waals surface area contributed by atoms with Crippen molar-refractivity contribution in [3.05, 3.63) is 42.7 Å². The quantitative estimate of drug-likeness (QED) is 0.699. The van der Waals surface area contributed by atoms with Crippen molar-refractivity contribution in [1.82, 2.24) is 20.1 Å². The van der Waals surface area contributed by atoms with Gasteiger partial charge in [0, 0.05) is 6.20 Å². The number of amides is 1. The van der Waals surface area contributed by atoms with Crippen LogP contribution in [0.3, 0.4) is 0 Å². The Morgan fingerprint density at radius 1 is 1.40 bits per heavy atom. The van der Waals surface area contributed by atoms with Crippen LogP contribution in [0.5, 0.6) is 0 Å². The van der Waals surface area contributed by atoms with E-state index < -0.39 is 5.91 Å². The van der Waals surface area contributed by atoms with Gasteiger partial charge in [0.05, 0.1) is 0 Å². The fourth-order valence-electron chi connectivity index (χ4n) is 1.08. The minimum absolute atomic E-state index is 0.00472. The maximum Gasteiger partial charge on any atom is 0.288 e. The van der Waals surface area contributed by atoms with Crippen LogP contribution in [-0.2, 0) is 0 Å². The summed E-state index contributed by atoms with van der Waals surface area (Å²) in [6, 6.07) is 0. The van der Waals surface area contributed by atoms with Gasteiger partial charge in [-0.3, -0.25) is 4.79 Å². The molecule has 2 rings (SSSR count). The molecule has 0 atom stereocenters. The van der Waals surface area contributed by atoms with Crippen LogP contribution in [0.1, 0.15) is 10.6 Å². The summed E-state index contributed by atoms with van der Waals surface area (Å²) in [7, 11) is 0. The standard InChI is InChI=1S/C9H9N5O/c10-8(15)9-12-6-14(13-9)7-4-2-1-3-5-11-7/h1-6,11H,(H2,10,15). The van der Waals surface area contributed by atoms with Crippen molar-refractivity contribution in [2.24, 2.45) is 5.73 Å². The van der Waals surface area contributed by atoms with Crippen LogP contribution in [-0.4, -0.2) is 20.7 Å². The van der Waals surface area contributed by atoms with Gasteiger partial charge in [0.1, 0.15) is 12.1 Å². The van der Waals surface area contributed by atoms with E-state index in [0.717, 1.165) is 0 Å². The van der Waals surface area contributed by atoms with Crippen LogP contribution in [0.2, 0.25) is 0 Å². The van der Waals surface area contributed by atoms with Gasteiger partial charge in [0.25, 0.3) is 5.91 Å². The third kappa shape index (κ3) is 1.93. The first-order valence-electron chi connectivity index (χ1n) is 4.29. The first kappa shape index (κ1) is 9.20. The number of allylic oxidation sites excluding steroid dienone is 4. The van der Waals surface area contributed by atoms with E-state index in [4.69, 9.17) is 5.73 Å². The molecule has 0 saturated heterocycles. The van der Waals surface area contributed by atoms with Crippen molar-refractivity contribution in [3.63, 3.8) is 0 Å². The van der Waals surface area contributed by atoms with E-state index in [0.29, 0.717) is 5.82 Å². The molecule has 0 radical (unpaired) electrons. The number of nitrogens with zero attached hydrogens (tertiary/aromatic N) is 3. The Kier molecular flexibility index (Phi) is 2.32. The van der Waals surface area contributed by atoms with Crippen LogP contribution in [0, 0.1) is 0 Å². The maximum atomic E-state index is 10.8. The van der Waals surface area contributed by atoms with Gasteiger partial charge in [0.2, 0.25) is 5.82 Å². The van der Waals surface area contributed by atoms with Crippen molar-refractivity contribution in [3.8, 4) is 0 Å². The average Bonchev–Trinajstić information content (AvgIpc) is 2.55. The lowest BCUT2D eigenvalue weighted by molar-refractivity contribution is 0.0990. The number of nitrogens with one attached hydrogen (secondary N) is 1. The normalized spacial score (nSPS) is 14.3. The molecule has 0 saturated carbocycles. The molecule has 6 nitrogen and oxygen atoms in total. The number of carbonyl (C=O) groups excluding carboxylic acids is 1. The fraction of sp³-hybridized carbons (Fsp3) is 0. The van der Waals surface area contributed by atoms with E-state index in [1.165, 1.54) is 11.0 Å². The molecule has 1 aromatic rings. The number of primary amides is 1. The lowest BCUT2D eigenvalue weighted by atomic mass is 10.5. The number of hydrogen-bond acceptors (Lipinski definition) is 4. The average molecular weight is 203 g/mol. The second kappa shape index (κ2) is 3.79. The van der Waals surface area contributed by atoms with E-state index >= 15 is 0 Å². The number of aromatic nitrogens is 3. The van der Waals surface area contributed by atoms with Gasteiger partial charge < -0.3 is 11.1 Å². The Morgan fingerprint density at radius 2 is 2.27 bits per heavy atom. The zero-order valence-electron chi connectivity index (χ0n) is 7.79. The third-order valence-corrected chi connectivity index (χ3v) is 1.76. The van der Waals surface area contributed by atoms with Crippen LogP contribution < -0.4 is 11.1 Å². The van der Waals surface area contributed by atoms with Crippen LogP contribution in [0.25, 0.3) is 5.82 Å². The maximum absolute atomic E-state index is 10.8. The van der Waals surface area contributed by atoms with Gasteiger partial charge in [0.15, 0.2) is 0 Å². The molecular weight excluding hydrogens is 194 g/mol. The van der Waals surface area contributed by atoms with Crippen molar-refractivity contribution >= 4 is 11.7 Å².